The van der Waals surface area contributed by atoms with Crippen molar-refractivity contribution in [3.05, 3.63) is 78.9 Å². The van der Waals surface area contributed by atoms with Crippen molar-refractivity contribution >= 4 is 34.1 Å². The Bertz CT molecular complexity index is 1270. The first-order valence-electron chi connectivity index (χ1n) is 12.3. The Hall–Kier alpha value is -2.17. The van der Waals surface area contributed by atoms with E-state index >= 15 is 0 Å². The minimum atomic E-state index is -2.21. The minimum absolute atomic E-state index is 0.172. The number of rotatable bonds is 2. The van der Waals surface area contributed by atoms with E-state index in [-0.39, 0.29) is 15.5 Å². The number of hydrogen-bond acceptors (Lipinski definition) is 0. The normalized spacial score (nSPS) is 14.1. The average molecular weight is 457 g/mol. The van der Waals surface area contributed by atoms with Crippen LogP contribution in [0.25, 0.3) is 32.7 Å². The van der Waals surface area contributed by atoms with Crippen LogP contribution in [0.2, 0.25) is 0 Å². The van der Waals surface area contributed by atoms with Crippen molar-refractivity contribution in [2.24, 2.45) is 0 Å². The molecular weight excluding hydrogens is 415 g/mol. The molecule has 4 rings (SSSR count). The van der Waals surface area contributed by atoms with E-state index in [0.717, 1.165) is 0 Å². The molecule has 0 aliphatic heterocycles. The Labute approximate surface area is 201 Å². The van der Waals surface area contributed by atoms with Gasteiger partial charge in [-0.25, -0.2) is 0 Å². The summed E-state index contributed by atoms with van der Waals surface area (Å²) in [6, 6.07) is 29.5. The molecule has 0 amide bonds. The Morgan fingerprint density at radius 2 is 0.909 bits per heavy atom. The molecule has 0 heterocycles. The van der Waals surface area contributed by atoms with Gasteiger partial charge in [-0.3, -0.25) is 0 Å². The zero-order valence-electron chi connectivity index (χ0n) is 22.0. The van der Waals surface area contributed by atoms with Gasteiger partial charge in [-0.2, -0.15) is 0 Å². The zero-order chi connectivity index (χ0) is 24.2. The monoisotopic (exact) mass is 456 g/mol. The molecule has 0 spiro atoms. The summed E-state index contributed by atoms with van der Waals surface area (Å²) < 4.78 is 0. The van der Waals surface area contributed by atoms with Crippen LogP contribution in [-0.4, -0.2) is 15.5 Å². The van der Waals surface area contributed by atoms with Crippen LogP contribution in [0.5, 0.6) is 0 Å². The molecule has 33 heavy (non-hydrogen) atoms. The van der Waals surface area contributed by atoms with E-state index in [4.69, 9.17) is 0 Å². The molecule has 0 saturated heterocycles. The zero-order valence-corrected chi connectivity index (χ0v) is 23.0. The van der Waals surface area contributed by atoms with Crippen molar-refractivity contribution in [1.82, 2.24) is 0 Å². The van der Waals surface area contributed by atoms with Crippen molar-refractivity contribution < 1.29 is 0 Å². The molecule has 0 unspecified atom stereocenters. The Morgan fingerprint density at radius 3 is 1.45 bits per heavy atom. The number of benzene rings is 4. The topological polar surface area (TPSA) is 0 Å². The van der Waals surface area contributed by atoms with Crippen LogP contribution in [0, 0.1) is 0 Å². The fraction of sp³-hybridized carbons (Fsp3) is 0.375. The summed E-state index contributed by atoms with van der Waals surface area (Å²) in [4.78, 5) is 0. The van der Waals surface area contributed by atoms with E-state index in [9.17, 15) is 0 Å². The van der Waals surface area contributed by atoms with Crippen molar-refractivity contribution in [2.75, 3.05) is 0 Å². The van der Waals surface area contributed by atoms with E-state index in [0.29, 0.717) is 0 Å². The molecule has 0 fully saturated rings. The standard InChI is InChI=1S/C32H41P/c1-30(2,3)33(31(4,5)6,32(7,8)9)28-22-21-24-16-11-13-19-26(24)29(28)27-20-14-17-23-15-10-12-18-25(23)27/h10-22,33H,1-9H3. The first kappa shape index (κ1) is 24.0. The quantitative estimate of drug-likeness (QED) is 0.263. The van der Waals surface area contributed by atoms with Crippen LogP contribution in [0.15, 0.2) is 78.9 Å². The molecule has 0 saturated carbocycles. The van der Waals surface area contributed by atoms with Gasteiger partial charge in [0.1, 0.15) is 0 Å². The van der Waals surface area contributed by atoms with Crippen LogP contribution < -0.4 is 5.30 Å². The molecule has 4 aromatic rings. The summed E-state index contributed by atoms with van der Waals surface area (Å²) >= 11 is 0. The summed E-state index contributed by atoms with van der Waals surface area (Å²) in [5, 5.41) is 7.47. The Morgan fingerprint density at radius 1 is 0.455 bits per heavy atom. The van der Waals surface area contributed by atoms with Crippen molar-refractivity contribution in [2.45, 2.75) is 77.8 Å². The van der Waals surface area contributed by atoms with Crippen LogP contribution in [-0.2, 0) is 0 Å². The van der Waals surface area contributed by atoms with Gasteiger partial charge in [0.05, 0.1) is 0 Å². The summed E-state index contributed by atoms with van der Waals surface area (Å²) in [7, 11) is -2.21. The van der Waals surface area contributed by atoms with Gasteiger partial charge in [0.2, 0.25) is 0 Å². The van der Waals surface area contributed by atoms with Gasteiger partial charge in [-0.15, -0.1) is 0 Å². The van der Waals surface area contributed by atoms with E-state index < -0.39 is 7.26 Å². The predicted octanol–water partition coefficient (Wildman–Crippen LogP) is 9.43. The average Bonchev–Trinajstić information content (AvgIpc) is 2.70. The van der Waals surface area contributed by atoms with Crippen LogP contribution in [0.1, 0.15) is 62.3 Å². The van der Waals surface area contributed by atoms with Gasteiger partial charge < -0.3 is 0 Å². The second-order valence-corrected chi connectivity index (χ2v) is 19.3. The second-order valence-electron chi connectivity index (χ2n) is 12.7. The van der Waals surface area contributed by atoms with Crippen LogP contribution >= 0.6 is 7.26 Å². The second kappa shape index (κ2) is 7.95. The molecule has 0 aliphatic rings. The van der Waals surface area contributed by atoms with Crippen LogP contribution in [0.4, 0.5) is 0 Å². The molecule has 0 bridgehead atoms. The molecule has 0 nitrogen and oxygen atoms in total. The predicted molar refractivity (Wildman–Crippen MR) is 154 cm³/mol. The van der Waals surface area contributed by atoms with E-state index in [1.807, 2.05) is 0 Å². The molecule has 0 aromatic heterocycles. The summed E-state index contributed by atoms with van der Waals surface area (Å²) in [5.41, 5.74) is 2.82. The maximum atomic E-state index is 2.51. The summed E-state index contributed by atoms with van der Waals surface area (Å²) in [5.74, 6) is 0. The van der Waals surface area contributed by atoms with Gasteiger partial charge in [-0.1, -0.05) is 0 Å². The van der Waals surface area contributed by atoms with Crippen molar-refractivity contribution in [3.63, 3.8) is 0 Å². The molecule has 1 heteroatoms. The Kier molecular flexibility index (Phi) is 5.78. The summed E-state index contributed by atoms with van der Waals surface area (Å²) in [6.07, 6.45) is 0. The van der Waals surface area contributed by atoms with Crippen LogP contribution in [0.3, 0.4) is 0 Å². The van der Waals surface area contributed by atoms with Gasteiger partial charge in [0.15, 0.2) is 0 Å². The van der Waals surface area contributed by atoms with Gasteiger partial charge in [0, 0.05) is 0 Å². The third kappa shape index (κ3) is 3.63. The van der Waals surface area contributed by atoms with E-state index in [2.05, 4.69) is 141 Å². The maximum absolute atomic E-state index is 2.51. The van der Waals surface area contributed by atoms with Gasteiger partial charge >= 0.3 is 202 Å². The molecule has 174 valence electrons. The molecular formula is C32H41P. The SMILES string of the molecule is CC(C)(C)[PH](c1ccc2ccccc2c1-c1cccc2ccccc12)(C(C)(C)C)C(C)(C)C. The molecule has 0 N–H and O–H groups in total. The molecule has 0 aliphatic carbocycles. The molecule has 0 atom stereocenters. The molecule has 4 aromatic carbocycles. The van der Waals surface area contributed by atoms with Crippen molar-refractivity contribution in [3.8, 4) is 11.1 Å². The first-order valence-corrected chi connectivity index (χ1v) is 14.3. The summed E-state index contributed by atoms with van der Waals surface area (Å²) in [6.45, 7) is 22.5. The number of hydrogen-bond donors (Lipinski definition) is 0. The van der Waals surface area contributed by atoms with Gasteiger partial charge in [-0.05, 0) is 0 Å². The van der Waals surface area contributed by atoms with E-state index in [1.165, 1.54) is 32.7 Å². The first-order chi connectivity index (χ1) is 15.3. The van der Waals surface area contributed by atoms with Crippen molar-refractivity contribution in [1.29, 1.82) is 0 Å². The number of fused-ring (bicyclic) bond motifs is 2. The Balaban J connectivity index is 2.29. The fourth-order valence-electron chi connectivity index (χ4n) is 7.90. The molecule has 0 radical (unpaired) electrons. The third-order valence-electron chi connectivity index (χ3n) is 7.77. The third-order valence-corrected chi connectivity index (χ3v) is 15.7. The van der Waals surface area contributed by atoms with Gasteiger partial charge in [0.25, 0.3) is 0 Å². The fourth-order valence-corrected chi connectivity index (χ4v) is 18.1. The van der Waals surface area contributed by atoms with E-state index in [1.54, 1.807) is 5.30 Å².